The zero-order chi connectivity index (χ0) is 14.1. The SMILES string of the molecule is CC.CC.CCn1cc(C)c2nncc(OC)c21. The normalized spacial score (nSPS) is 9.06. The first-order valence-electron chi connectivity index (χ1n) is 6.63. The van der Waals surface area contributed by atoms with Crippen molar-refractivity contribution >= 4 is 11.0 Å². The van der Waals surface area contributed by atoms with E-state index in [1.807, 2.05) is 34.6 Å². The molecule has 0 unspecified atom stereocenters. The standard InChI is InChI=1S/C10H13N3O.2C2H6/c1-4-13-6-7(2)9-10(13)8(14-3)5-11-12-9;2*1-2/h5-6H,4H2,1-3H3;2*1-2H3. The summed E-state index contributed by atoms with van der Waals surface area (Å²) in [6.45, 7) is 13.0. The van der Waals surface area contributed by atoms with Crippen LogP contribution in [0.2, 0.25) is 0 Å². The highest BCUT2D eigenvalue weighted by atomic mass is 16.5. The molecule has 0 fully saturated rings. The third-order valence-electron chi connectivity index (χ3n) is 2.36. The summed E-state index contributed by atoms with van der Waals surface area (Å²) in [4.78, 5) is 0. The molecule has 0 saturated carbocycles. The summed E-state index contributed by atoms with van der Waals surface area (Å²) in [5.41, 5.74) is 3.09. The maximum atomic E-state index is 5.26. The highest BCUT2D eigenvalue weighted by Gasteiger charge is 2.10. The second-order valence-corrected chi connectivity index (χ2v) is 3.21. The lowest BCUT2D eigenvalue weighted by atomic mass is 10.3. The summed E-state index contributed by atoms with van der Waals surface area (Å²) in [5.74, 6) is 0.782. The quantitative estimate of drug-likeness (QED) is 0.814. The molecular formula is C14H25N3O. The molecule has 102 valence electrons. The smallest absolute Gasteiger partial charge is 0.164 e. The summed E-state index contributed by atoms with van der Waals surface area (Å²) in [6, 6.07) is 0. The summed E-state index contributed by atoms with van der Waals surface area (Å²) >= 11 is 0. The van der Waals surface area contributed by atoms with Crippen LogP contribution < -0.4 is 4.74 Å². The van der Waals surface area contributed by atoms with Crippen molar-refractivity contribution in [1.29, 1.82) is 0 Å². The molecule has 0 bridgehead atoms. The number of hydrogen-bond acceptors (Lipinski definition) is 3. The van der Waals surface area contributed by atoms with Gasteiger partial charge in [-0.2, -0.15) is 5.10 Å². The molecule has 0 aromatic carbocycles. The molecule has 2 aromatic rings. The van der Waals surface area contributed by atoms with Crippen LogP contribution in [0.4, 0.5) is 0 Å². The maximum Gasteiger partial charge on any atom is 0.164 e. The molecule has 4 heteroatoms. The Hall–Kier alpha value is -1.58. The van der Waals surface area contributed by atoms with Gasteiger partial charge in [0.15, 0.2) is 5.75 Å². The molecule has 0 aliphatic rings. The van der Waals surface area contributed by atoms with Crippen molar-refractivity contribution in [3.8, 4) is 5.75 Å². The Kier molecular flexibility index (Phi) is 7.76. The Morgan fingerprint density at radius 2 is 1.83 bits per heavy atom. The number of methoxy groups -OCH3 is 1. The van der Waals surface area contributed by atoms with Crippen LogP contribution in [-0.2, 0) is 6.54 Å². The Bertz CT molecular complexity index is 463. The number of ether oxygens (including phenoxy) is 1. The van der Waals surface area contributed by atoms with Gasteiger partial charge < -0.3 is 9.30 Å². The monoisotopic (exact) mass is 251 g/mol. The second-order valence-electron chi connectivity index (χ2n) is 3.21. The van der Waals surface area contributed by atoms with Crippen molar-refractivity contribution in [2.45, 2.75) is 48.1 Å². The van der Waals surface area contributed by atoms with E-state index in [0.717, 1.165) is 28.9 Å². The fourth-order valence-corrected chi connectivity index (χ4v) is 1.67. The Balaban J connectivity index is 0.000000659. The molecule has 0 spiro atoms. The van der Waals surface area contributed by atoms with Crippen LogP contribution in [0.15, 0.2) is 12.4 Å². The molecule has 0 aliphatic heterocycles. The van der Waals surface area contributed by atoms with Crippen LogP contribution in [0.3, 0.4) is 0 Å². The van der Waals surface area contributed by atoms with Gasteiger partial charge in [0.1, 0.15) is 11.0 Å². The molecule has 0 N–H and O–H groups in total. The van der Waals surface area contributed by atoms with Gasteiger partial charge in [0, 0.05) is 12.7 Å². The van der Waals surface area contributed by atoms with Crippen molar-refractivity contribution in [2.24, 2.45) is 0 Å². The van der Waals surface area contributed by atoms with Gasteiger partial charge in [-0.3, -0.25) is 0 Å². The van der Waals surface area contributed by atoms with Crippen molar-refractivity contribution in [3.05, 3.63) is 18.0 Å². The van der Waals surface area contributed by atoms with Crippen LogP contribution in [0, 0.1) is 6.92 Å². The number of fused-ring (bicyclic) bond motifs is 1. The number of rotatable bonds is 2. The minimum absolute atomic E-state index is 0.782. The molecule has 0 saturated heterocycles. The minimum atomic E-state index is 0.782. The van der Waals surface area contributed by atoms with Crippen molar-refractivity contribution in [1.82, 2.24) is 14.8 Å². The van der Waals surface area contributed by atoms with Gasteiger partial charge in [-0.1, -0.05) is 27.7 Å². The van der Waals surface area contributed by atoms with E-state index in [2.05, 4.69) is 27.9 Å². The molecule has 0 atom stereocenters. The zero-order valence-corrected chi connectivity index (χ0v) is 12.6. The highest BCUT2D eigenvalue weighted by molar-refractivity contribution is 5.84. The molecule has 0 radical (unpaired) electrons. The molecule has 2 rings (SSSR count). The topological polar surface area (TPSA) is 39.9 Å². The van der Waals surface area contributed by atoms with Crippen LogP contribution >= 0.6 is 0 Å². The number of aryl methyl sites for hydroxylation is 2. The molecule has 2 aromatic heterocycles. The first-order chi connectivity index (χ1) is 8.77. The van der Waals surface area contributed by atoms with Gasteiger partial charge in [-0.05, 0) is 19.4 Å². The van der Waals surface area contributed by atoms with E-state index in [1.54, 1.807) is 13.3 Å². The van der Waals surface area contributed by atoms with E-state index in [-0.39, 0.29) is 0 Å². The van der Waals surface area contributed by atoms with E-state index < -0.39 is 0 Å². The summed E-state index contributed by atoms with van der Waals surface area (Å²) in [6.07, 6.45) is 3.72. The van der Waals surface area contributed by atoms with E-state index in [9.17, 15) is 0 Å². The lowest BCUT2D eigenvalue weighted by molar-refractivity contribution is 0.414. The Morgan fingerprint density at radius 3 is 2.33 bits per heavy atom. The lowest BCUT2D eigenvalue weighted by Gasteiger charge is -2.04. The first kappa shape index (κ1) is 16.4. The van der Waals surface area contributed by atoms with Gasteiger partial charge in [0.05, 0.1) is 13.3 Å². The number of nitrogens with zero attached hydrogens (tertiary/aromatic N) is 3. The van der Waals surface area contributed by atoms with Gasteiger partial charge in [-0.25, -0.2) is 0 Å². The summed E-state index contributed by atoms with van der Waals surface area (Å²) in [7, 11) is 1.65. The largest absolute Gasteiger partial charge is 0.493 e. The molecule has 4 nitrogen and oxygen atoms in total. The van der Waals surface area contributed by atoms with Gasteiger partial charge in [-0.15, -0.1) is 5.10 Å². The lowest BCUT2D eigenvalue weighted by Crippen LogP contribution is -1.95. The number of aromatic nitrogens is 3. The minimum Gasteiger partial charge on any atom is -0.493 e. The molecular weight excluding hydrogens is 226 g/mol. The predicted molar refractivity (Wildman–Crippen MR) is 77.2 cm³/mol. The predicted octanol–water partition coefficient (Wildman–Crippen LogP) is 3.82. The third-order valence-corrected chi connectivity index (χ3v) is 2.36. The van der Waals surface area contributed by atoms with Crippen molar-refractivity contribution in [2.75, 3.05) is 7.11 Å². The van der Waals surface area contributed by atoms with Crippen LogP contribution in [0.1, 0.15) is 40.2 Å². The molecule has 0 aliphatic carbocycles. The van der Waals surface area contributed by atoms with E-state index in [4.69, 9.17) is 4.74 Å². The molecule has 2 heterocycles. The van der Waals surface area contributed by atoms with Crippen molar-refractivity contribution < 1.29 is 4.74 Å². The van der Waals surface area contributed by atoms with Crippen LogP contribution in [0.5, 0.6) is 5.75 Å². The fourth-order valence-electron chi connectivity index (χ4n) is 1.67. The van der Waals surface area contributed by atoms with Gasteiger partial charge >= 0.3 is 0 Å². The highest BCUT2D eigenvalue weighted by Crippen LogP contribution is 2.26. The van der Waals surface area contributed by atoms with E-state index >= 15 is 0 Å². The molecule has 18 heavy (non-hydrogen) atoms. The maximum absolute atomic E-state index is 5.26. The van der Waals surface area contributed by atoms with E-state index in [0.29, 0.717) is 0 Å². The van der Waals surface area contributed by atoms with E-state index in [1.165, 1.54) is 0 Å². The van der Waals surface area contributed by atoms with Gasteiger partial charge in [0.2, 0.25) is 0 Å². The average molecular weight is 251 g/mol. The second kappa shape index (κ2) is 8.50. The number of hydrogen-bond donors (Lipinski definition) is 0. The Morgan fingerprint density at radius 1 is 1.22 bits per heavy atom. The Labute approximate surface area is 110 Å². The summed E-state index contributed by atoms with van der Waals surface area (Å²) < 4.78 is 7.38. The molecule has 0 amide bonds. The van der Waals surface area contributed by atoms with Gasteiger partial charge in [0.25, 0.3) is 0 Å². The third kappa shape index (κ3) is 3.22. The van der Waals surface area contributed by atoms with Crippen molar-refractivity contribution in [3.63, 3.8) is 0 Å². The fraction of sp³-hybridized carbons (Fsp3) is 0.571. The average Bonchev–Trinajstić information content (AvgIpc) is 2.80. The first-order valence-corrected chi connectivity index (χ1v) is 6.63. The van der Waals surface area contributed by atoms with Crippen LogP contribution in [-0.4, -0.2) is 21.9 Å². The zero-order valence-electron chi connectivity index (χ0n) is 12.6. The van der Waals surface area contributed by atoms with Crippen LogP contribution in [0.25, 0.3) is 11.0 Å². The summed E-state index contributed by atoms with van der Waals surface area (Å²) in [5, 5.41) is 8.01.